The van der Waals surface area contributed by atoms with Crippen molar-refractivity contribution in [2.45, 2.75) is 52.4 Å². The second-order valence-corrected chi connectivity index (χ2v) is 6.25. The van der Waals surface area contributed by atoms with Crippen molar-refractivity contribution in [1.29, 1.82) is 0 Å². The Morgan fingerprint density at radius 2 is 2.18 bits per heavy atom. The molecule has 0 amide bonds. The topological polar surface area (TPSA) is 20.3 Å². The summed E-state index contributed by atoms with van der Waals surface area (Å²) in [5.74, 6) is 2.53. The fourth-order valence-corrected chi connectivity index (χ4v) is 3.54. The molecule has 0 aromatic rings. The third kappa shape index (κ3) is 3.54. The first kappa shape index (κ1) is 13.1. The molecule has 1 aliphatic heterocycles. The minimum absolute atomic E-state index is 0.346. The molecule has 2 heteroatoms. The van der Waals surface area contributed by atoms with E-state index in [1.54, 1.807) is 0 Å². The molecular weight excluding hydrogens is 210 g/mol. The highest BCUT2D eigenvalue weighted by Crippen LogP contribution is 2.29. The van der Waals surface area contributed by atoms with Crippen molar-refractivity contribution in [3.05, 3.63) is 0 Å². The van der Waals surface area contributed by atoms with E-state index in [0.717, 1.165) is 37.6 Å². The maximum Gasteiger partial charge on any atom is 0.137 e. The number of rotatable bonds is 4. The smallest absolute Gasteiger partial charge is 0.137 e. The number of nitrogens with zero attached hydrogens (tertiary/aromatic N) is 1. The molecule has 2 rings (SSSR count). The Hall–Kier alpha value is -0.370. The maximum absolute atomic E-state index is 11.9. The van der Waals surface area contributed by atoms with Crippen LogP contribution in [0.4, 0.5) is 0 Å². The van der Waals surface area contributed by atoms with Crippen LogP contribution in [0.3, 0.4) is 0 Å². The van der Waals surface area contributed by atoms with E-state index in [0.29, 0.717) is 11.7 Å². The lowest BCUT2D eigenvalue weighted by Crippen LogP contribution is -2.35. The standard InChI is InChI=1S/C15H27NO/c1-3-4-13-7-8-16(10-13)11-14-9-12(2)5-6-15(14)17/h12-14H,3-11H2,1-2H3. The van der Waals surface area contributed by atoms with Crippen LogP contribution >= 0.6 is 0 Å². The van der Waals surface area contributed by atoms with Crippen molar-refractivity contribution in [1.82, 2.24) is 4.90 Å². The van der Waals surface area contributed by atoms with Gasteiger partial charge < -0.3 is 4.90 Å². The number of likely N-dealkylation sites (tertiary alicyclic amines) is 1. The van der Waals surface area contributed by atoms with E-state index in [9.17, 15) is 4.79 Å². The monoisotopic (exact) mass is 237 g/mol. The Kier molecular flexibility index (Phi) is 4.61. The normalized spacial score (nSPS) is 35.4. The molecule has 0 aromatic carbocycles. The number of hydrogen-bond acceptors (Lipinski definition) is 2. The third-order valence-corrected chi connectivity index (χ3v) is 4.57. The number of hydrogen-bond donors (Lipinski definition) is 0. The van der Waals surface area contributed by atoms with Gasteiger partial charge in [-0.25, -0.2) is 0 Å². The lowest BCUT2D eigenvalue weighted by molar-refractivity contribution is -0.126. The van der Waals surface area contributed by atoms with E-state index < -0.39 is 0 Å². The average molecular weight is 237 g/mol. The van der Waals surface area contributed by atoms with Gasteiger partial charge in [-0.1, -0.05) is 20.3 Å². The predicted molar refractivity (Wildman–Crippen MR) is 71.0 cm³/mol. The summed E-state index contributed by atoms with van der Waals surface area (Å²) in [7, 11) is 0. The highest BCUT2D eigenvalue weighted by atomic mass is 16.1. The SMILES string of the molecule is CCCC1CCN(CC2CC(C)CCC2=O)C1. The molecule has 1 aliphatic carbocycles. The number of carbonyl (C=O) groups excluding carboxylic acids is 1. The van der Waals surface area contributed by atoms with Crippen LogP contribution in [0.2, 0.25) is 0 Å². The Morgan fingerprint density at radius 1 is 1.35 bits per heavy atom. The largest absolute Gasteiger partial charge is 0.302 e. The van der Waals surface area contributed by atoms with Crippen molar-refractivity contribution in [3.63, 3.8) is 0 Å². The Bertz CT molecular complexity index is 264. The molecule has 98 valence electrons. The van der Waals surface area contributed by atoms with E-state index >= 15 is 0 Å². The lowest BCUT2D eigenvalue weighted by Gasteiger charge is -2.29. The van der Waals surface area contributed by atoms with Gasteiger partial charge in [0.05, 0.1) is 0 Å². The first-order chi connectivity index (χ1) is 8.19. The van der Waals surface area contributed by atoms with Crippen molar-refractivity contribution >= 4 is 5.78 Å². The van der Waals surface area contributed by atoms with Gasteiger partial charge in [0, 0.05) is 25.4 Å². The molecule has 1 saturated heterocycles. The zero-order chi connectivity index (χ0) is 12.3. The number of carbonyl (C=O) groups is 1. The van der Waals surface area contributed by atoms with Crippen LogP contribution in [0, 0.1) is 17.8 Å². The van der Waals surface area contributed by atoms with Crippen molar-refractivity contribution in [2.24, 2.45) is 17.8 Å². The average Bonchev–Trinajstić information content (AvgIpc) is 2.72. The number of Topliss-reactive ketones (excluding diaryl/α,β-unsaturated/α-hetero) is 1. The summed E-state index contributed by atoms with van der Waals surface area (Å²) >= 11 is 0. The van der Waals surface area contributed by atoms with Gasteiger partial charge in [-0.2, -0.15) is 0 Å². The van der Waals surface area contributed by atoms with Gasteiger partial charge in [0.1, 0.15) is 5.78 Å². The Labute approximate surface area is 106 Å². The molecule has 3 atom stereocenters. The summed E-state index contributed by atoms with van der Waals surface area (Å²) in [4.78, 5) is 14.5. The number of ketones is 1. The van der Waals surface area contributed by atoms with Crippen LogP contribution < -0.4 is 0 Å². The van der Waals surface area contributed by atoms with E-state index in [1.807, 2.05) is 0 Å². The Morgan fingerprint density at radius 3 is 2.94 bits per heavy atom. The van der Waals surface area contributed by atoms with E-state index in [4.69, 9.17) is 0 Å². The summed E-state index contributed by atoms with van der Waals surface area (Å²) in [6, 6.07) is 0. The van der Waals surface area contributed by atoms with Crippen molar-refractivity contribution < 1.29 is 4.79 Å². The van der Waals surface area contributed by atoms with Crippen molar-refractivity contribution in [3.8, 4) is 0 Å². The summed E-state index contributed by atoms with van der Waals surface area (Å²) in [5, 5.41) is 0. The van der Waals surface area contributed by atoms with E-state index in [2.05, 4.69) is 18.7 Å². The molecule has 0 N–H and O–H groups in total. The molecule has 2 fully saturated rings. The molecule has 1 heterocycles. The zero-order valence-corrected chi connectivity index (χ0v) is 11.5. The first-order valence-corrected chi connectivity index (χ1v) is 7.44. The highest BCUT2D eigenvalue weighted by Gasteiger charge is 2.30. The molecule has 0 bridgehead atoms. The maximum atomic E-state index is 11.9. The second-order valence-electron chi connectivity index (χ2n) is 6.25. The molecule has 3 unspecified atom stereocenters. The quantitative estimate of drug-likeness (QED) is 0.749. The molecule has 2 nitrogen and oxygen atoms in total. The summed E-state index contributed by atoms with van der Waals surface area (Å²) in [5.41, 5.74) is 0. The molecule has 0 aromatic heterocycles. The van der Waals surface area contributed by atoms with Gasteiger partial charge >= 0.3 is 0 Å². The minimum Gasteiger partial charge on any atom is -0.302 e. The fraction of sp³-hybridized carbons (Fsp3) is 0.933. The van der Waals surface area contributed by atoms with Gasteiger partial charge in [-0.15, -0.1) is 0 Å². The van der Waals surface area contributed by atoms with Gasteiger partial charge in [0.2, 0.25) is 0 Å². The molecule has 2 aliphatic rings. The molecular formula is C15H27NO. The molecule has 0 spiro atoms. The Balaban J connectivity index is 1.79. The van der Waals surface area contributed by atoms with Crippen LogP contribution in [0.1, 0.15) is 52.4 Å². The van der Waals surface area contributed by atoms with Crippen molar-refractivity contribution in [2.75, 3.05) is 19.6 Å². The zero-order valence-electron chi connectivity index (χ0n) is 11.5. The predicted octanol–water partition coefficient (Wildman–Crippen LogP) is 3.11. The van der Waals surface area contributed by atoms with Gasteiger partial charge in [-0.3, -0.25) is 4.79 Å². The summed E-state index contributed by atoms with van der Waals surface area (Å²) in [6.07, 6.45) is 7.10. The third-order valence-electron chi connectivity index (χ3n) is 4.57. The molecule has 1 saturated carbocycles. The lowest BCUT2D eigenvalue weighted by atomic mass is 9.81. The summed E-state index contributed by atoms with van der Waals surface area (Å²) < 4.78 is 0. The van der Waals surface area contributed by atoms with Crippen LogP contribution in [0.15, 0.2) is 0 Å². The molecule has 0 radical (unpaired) electrons. The van der Waals surface area contributed by atoms with Gasteiger partial charge in [0.25, 0.3) is 0 Å². The highest BCUT2D eigenvalue weighted by molar-refractivity contribution is 5.81. The van der Waals surface area contributed by atoms with Gasteiger partial charge in [-0.05, 0) is 44.1 Å². The minimum atomic E-state index is 0.346. The van der Waals surface area contributed by atoms with Crippen LogP contribution in [0.25, 0.3) is 0 Å². The van der Waals surface area contributed by atoms with Crippen LogP contribution in [-0.2, 0) is 4.79 Å². The van der Waals surface area contributed by atoms with Crippen LogP contribution in [0.5, 0.6) is 0 Å². The first-order valence-electron chi connectivity index (χ1n) is 7.44. The van der Waals surface area contributed by atoms with Crippen LogP contribution in [-0.4, -0.2) is 30.3 Å². The van der Waals surface area contributed by atoms with Gasteiger partial charge in [0.15, 0.2) is 0 Å². The van der Waals surface area contributed by atoms with E-state index in [1.165, 1.54) is 32.4 Å². The summed E-state index contributed by atoms with van der Waals surface area (Å²) in [6.45, 7) is 8.08. The second kappa shape index (κ2) is 5.99. The van der Waals surface area contributed by atoms with E-state index in [-0.39, 0.29) is 0 Å². The fourth-order valence-electron chi connectivity index (χ4n) is 3.54. The molecule has 17 heavy (non-hydrogen) atoms.